The molecule has 2 aliphatic rings. The third-order valence-electron chi connectivity index (χ3n) is 6.77. The summed E-state index contributed by atoms with van der Waals surface area (Å²) in [5.41, 5.74) is -0.0921. The summed E-state index contributed by atoms with van der Waals surface area (Å²) >= 11 is 0. The van der Waals surface area contributed by atoms with Crippen LogP contribution in [0.4, 0.5) is 10.1 Å². The number of carboxylic acid groups (broad SMARTS) is 1. The molecule has 0 amide bonds. The lowest BCUT2D eigenvalue weighted by Crippen LogP contribution is -2.39. The van der Waals surface area contributed by atoms with Gasteiger partial charge in [-0.2, -0.15) is 4.31 Å². The molecule has 2 fully saturated rings. The number of aliphatic carboxylic acids is 1. The van der Waals surface area contributed by atoms with Crippen molar-refractivity contribution < 1.29 is 27.4 Å². The molecule has 0 aromatic heterocycles. The van der Waals surface area contributed by atoms with Crippen molar-refractivity contribution in [2.45, 2.75) is 49.6 Å². The van der Waals surface area contributed by atoms with Crippen LogP contribution in [0.2, 0.25) is 0 Å². The van der Waals surface area contributed by atoms with Gasteiger partial charge >= 0.3 is 5.97 Å². The predicted molar refractivity (Wildman–Crippen MR) is 126 cm³/mol. The summed E-state index contributed by atoms with van der Waals surface area (Å²) < 4.78 is 48.1. The van der Waals surface area contributed by atoms with E-state index in [4.69, 9.17) is 15.3 Å². The zero-order valence-corrected chi connectivity index (χ0v) is 19.9. The highest BCUT2D eigenvalue weighted by Gasteiger charge is 2.63. The molecule has 1 saturated carbocycles. The van der Waals surface area contributed by atoms with Gasteiger partial charge in [0.25, 0.3) is 0 Å². The van der Waals surface area contributed by atoms with Gasteiger partial charge in [0.2, 0.25) is 10.0 Å². The summed E-state index contributed by atoms with van der Waals surface area (Å²) in [7, 11) is -3.78. The first-order valence-electron chi connectivity index (χ1n) is 11.2. The molecule has 1 unspecified atom stereocenters. The number of sulfonamides is 1. The highest BCUT2D eigenvalue weighted by Crippen LogP contribution is 2.55. The Hall–Kier alpha value is -2.98. The summed E-state index contributed by atoms with van der Waals surface area (Å²) in [6.07, 6.45) is 0.962. The molecule has 8 nitrogen and oxygen atoms in total. The molecule has 1 heterocycles. The fourth-order valence-corrected chi connectivity index (χ4v) is 6.73. The number of anilines is 1. The van der Waals surface area contributed by atoms with E-state index in [9.17, 15) is 17.6 Å². The van der Waals surface area contributed by atoms with Crippen molar-refractivity contribution in [1.82, 2.24) is 4.31 Å². The molecule has 1 saturated heterocycles. The molecule has 1 aliphatic heterocycles. The maximum atomic E-state index is 14.0. The minimum Gasteiger partial charge on any atom is -0.494 e. The average molecular weight is 490 g/mol. The van der Waals surface area contributed by atoms with Crippen molar-refractivity contribution in [2.24, 2.45) is 5.92 Å². The second-order valence-corrected chi connectivity index (χ2v) is 10.7. The number of carboxylic acids is 1. The van der Waals surface area contributed by atoms with Gasteiger partial charge in [0.1, 0.15) is 11.6 Å². The summed E-state index contributed by atoms with van der Waals surface area (Å²) in [6.45, 7) is 4.49. The number of halogens is 1. The Labute approximate surface area is 198 Å². The lowest BCUT2D eigenvalue weighted by atomic mass is 9.95. The van der Waals surface area contributed by atoms with Crippen molar-refractivity contribution in [3.8, 4) is 5.75 Å². The molecule has 4 rings (SSSR count). The van der Waals surface area contributed by atoms with Gasteiger partial charge in [0.05, 0.1) is 23.6 Å². The Morgan fingerprint density at radius 3 is 2.53 bits per heavy atom. The first-order chi connectivity index (χ1) is 16.1. The van der Waals surface area contributed by atoms with Crippen molar-refractivity contribution in [3.05, 3.63) is 53.8 Å². The number of benzene rings is 2. The van der Waals surface area contributed by atoms with E-state index in [1.165, 1.54) is 18.2 Å². The third kappa shape index (κ3) is 4.39. The van der Waals surface area contributed by atoms with E-state index < -0.39 is 33.8 Å². The Balaban J connectivity index is 1.61. The van der Waals surface area contributed by atoms with Crippen LogP contribution < -0.4 is 10.1 Å². The smallest absolute Gasteiger partial charge is 0.309 e. The summed E-state index contributed by atoms with van der Waals surface area (Å²) in [5, 5.41) is 20.4. The molecule has 34 heavy (non-hydrogen) atoms. The van der Waals surface area contributed by atoms with Crippen LogP contribution in [0.3, 0.4) is 0 Å². The number of nitrogens with one attached hydrogen (secondary N) is 2. The molecule has 182 valence electrons. The van der Waals surface area contributed by atoms with E-state index >= 15 is 0 Å². The number of hydrogen-bond acceptors (Lipinski definition) is 6. The zero-order valence-electron chi connectivity index (χ0n) is 19.0. The zero-order chi connectivity index (χ0) is 24.7. The summed E-state index contributed by atoms with van der Waals surface area (Å²) in [4.78, 5) is 11.3. The maximum Gasteiger partial charge on any atom is 0.309 e. The van der Waals surface area contributed by atoms with Gasteiger partial charge in [-0.3, -0.25) is 4.79 Å². The Kier molecular flexibility index (Phi) is 6.39. The summed E-state index contributed by atoms with van der Waals surface area (Å²) in [6, 6.07) is 9.81. The SMILES string of the molecule is CCOc1ccc(S(=O)(=O)N2CC(Nc3cc(F)ccc3C(=N)CC(=O)O)[C@H](C)C23CC3)cc1. The van der Waals surface area contributed by atoms with Crippen molar-refractivity contribution in [3.63, 3.8) is 0 Å². The van der Waals surface area contributed by atoms with E-state index in [-0.39, 0.29) is 34.7 Å². The van der Waals surface area contributed by atoms with E-state index in [0.29, 0.717) is 18.0 Å². The molecule has 3 N–H and O–H groups in total. The fraction of sp³-hybridized carbons (Fsp3) is 0.417. The van der Waals surface area contributed by atoms with Crippen molar-refractivity contribution in [2.75, 3.05) is 18.5 Å². The number of ether oxygens (including phenoxy) is 1. The van der Waals surface area contributed by atoms with Gasteiger partial charge in [-0.1, -0.05) is 6.92 Å². The van der Waals surface area contributed by atoms with E-state index in [2.05, 4.69) is 5.32 Å². The Morgan fingerprint density at radius 2 is 1.94 bits per heavy atom. The number of nitrogens with zero attached hydrogens (tertiary/aromatic N) is 1. The molecular weight excluding hydrogens is 461 g/mol. The van der Waals surface area contributed by atoms with Crippen LogP contribution in [0, 0.1) is 17.1 Å². The van der Waals surface area contributed by atoms with E-state index in [0.717, 1.165) is 12.8 Å². The topological polar surface area (TPSA) is 120 Å². The van der Waals surface area contributed by atoms with Crippen LogP contribution in [0.15, 0.2) is 47.4 Å². The summed E-state index contributed by atoms with van der Waals surface area (Å²) in [5.74, 6) is -1.16. The maximum absolute atomic E-state index is 14.0. The lowest BCUT2D eigenvalue weighted by molar-refractivity contribution is -0.135. The van der Waals surface area contributed by atoms with Gasteiger partial charge in [0.15, 0.2) is 0 Å². The predicted octanol–water partition coefficient (Wildman–Crippen LogP) is 3.72. The molecule has 10 heteroatoms. The van der Waals surface area contributed by atoms with Gasteiger partial charge in [0, 0.05) is 29.4 Å². The van der Waals surface area contributed by atoms with E-state index in [1.54, 1.807) is 28.6 Å². The molecule has 2 atom stereocenters. The van der Waals surface area contributed by atoms with Crippen LogP contribution in [0.25, 0.3) is 0 Å². The molecule has 0 bridgehead atoms. The fourth-order valence-electron chi connectivity index (χ4n) is 4.81. The Morgan fingerprint density at radius 1 is 1.26 bits per heavy atom. The first-order valence-corrected chi connectivity index (χ1v) is 12.6. The first kappa shape index (κ1) is 24.2. The average Bonchev–Trinajstić information content (AvgIpc) is 3.52. The second-order valence-electron chi connectivity index (χ2n) is 8.82. The van der Waals surface area contributed by atoms with Crippen LogP contribution in [-0.4, -0.2) is 54.2 Å². The van der Waals surface area contributed by atoms with Gasteiger partial charge in [-0.05, 0) is 68.1 Å². The number of carbonyl (C=O) groups is 1. The van der Waals surface area contributed by atoms with Gasteiger partial charge in [-0.15, -0.1) is 0 Å². The number of rotatable bonds is 9. The van der Waals surface area contributed by atoms with Crippen molar-refractivity contribution in [1.29, 1.82) is 5.41 Å². The monoisotopic (exact) mass is 489 g/mol. The number of hydrogen-bond donors (Lipinski definition) is 3. The highest BCUT2D eigenvalue weighted by atomic mass is 32.2. The molecule has 2 aromatic rings. The minimum absolute atomic E-state index is 0.0743. The lowest BCUT2D eigenvalue weighted by Gasteiger charge is -2.26. The standard InChI is InChI=1S/C24H28FN3O5S/c1-3-33-17-5-7-18(8-6-17)34(31,32)28-14-22(15(2)24(28)10-11-24)27-21-12-16(25)4-9-19(21)20(26)13-23(29)30/h4-9,12,15,22,26-27H,3,10-11,13-14H2,1-2H3,(H,29,30)/t15-,22?/m0/s1. The van der Waals surface area contributed by atoms with Crippen LogP contribution >= 0.6 is 0 Å². The second kappa shape index (κ2) is 8.99. The van der Waals surface area contributed by atoms with Crippen LogP contribution in [0.5, 0.6) is 5.75 Å². The molecule has 2 aromatic carbocycles. The quantitative estimate of drug-likeness (QED) is 0.462. The minimum atomic E-state index is -3.78. The van der Waals surface area contributed by atoms with Crippen LogP contribution in [-0.2, 0) is 14.8 Å². The van der Waals surface area contributed by atoms with Gasteiger partial charge in [-0.25, -0.2) is 12.8 Å². The van der Waals surface area contributed by atoms with Crippen LogP contribution in [0.1, 0.15) is 38.7 Å². The van der Waals surface area contributed by atoms with E-state index in [1.807, 2.05) is 13.8 Å². The highest BCUT2D eigenvalue weighted by molar-refractivity contribution is 7.89. The molecule has 1 aliphatic carbocycles. The molecular formula is C24H28FN3O5S. The normalized spacial score (nSPS) is 21.4. The third-order valence-corrected chi connectivity index (χ3v) is 8.73. The Bertz CT molecular complexity index is 1210. The molecule has 1 spiro atoms. The van der Waals surface area contributed by atoms with Crippen molar-refractivity contribution >= 4 is 27.4 Å². The largest absolute Gasteiger partial charge is 0.494 e. The molecule has 0 radical (unpaired) electrons. The van der Waals surface area contributed by atoms with Gasteiger partial charge < -0.3 is 20.6 Å².